The zero-order valence-electron chi connectivity index (χ0n) is 7.01. The molecule has 0 bridgehead atoms. The second kappa shape index (κ2) is 3.38. The van der Waals surface area contributed by atoms with Crippen molar-refractivity contribution in [3.8, 4) is 0 Å². The number of aliphatic carboxylic acids is 1. The minimum atomic E-state index is -0.937. The Hall–Kier alpha value is -1.43. The number of hydrogen-bond donors (Lipinski definition) is 1. The zero-order valence-corrected chi connectivity index (χ0v) is 8.60. The van der Waals surface area contributed by atoms with Crippen LogP contribution in [-0.2, 0) is 11.3 Å². The molecule has 1 aromatic heterocycles. The van der Waals surface area contributed by atoms with Gasteiger partial charge in [0.1, 0.15) is 17.6 Å². The van der Waals surface area contributed by atoms with Crippen molar-refractivity contribution in [2.75, 3.05) is 0 Å². The number of rotatable bonds is 2. The lowest BCUT2D eigenvalue weighted by Gasteiger charge is -1.98. The van der Waals surface area contributed by atoms with E-state index in [-0.39, 0.29) is 6.54 Å². The fraction of sp³-hybridized carbons (Fsp3) is 0.125. The van der Waals surface area contributed by atoms with Crippen LogP contribution < -0.4 is 0 Å². The maximum absolute atomic E-state index is 10.5. The van der Waals surface area contributed by atoms with Crippen LogP contribution in [0.15, 0.2) is 22.7 Å². The summed E-state index contributed by atoms with van der Waals surface area (Å²) in [5.74, 6) is -0.937. The van der Waals surface area contributed by atoms with Gasteiger partial charge in [0.15, 0.2) is 0 Å². The highest BCUT2D eigenvalue weighted by atomic mass is 79.9. The molecule has 0 amide bonds. The van der Waals surface area contributed by atoms with Gasteiger partial charge < -0.3 is 5.11 Å². The van der Waals surface area contributed by atoms with Gasteiger partial charge in [0.05, 0.1) is 0 Å². The second-order valence-electron chi connectivity index (χ2n) is 2.75. The first-order chi connectivity index (χ1) is 6.68. The SMILES string of the molecule is O=C(O)Cn1nnc2cccc(Br)c21. The lowest BCUT2D eigenvalue weighted by molar-refractivity contribution is -0.137. The van der Waals surface area contributed by atoms with Gasteiger partial charge in [0.2, 0.25) is 0 Å². The van der Waals surface area contributed by atoms with E-state index in [2.05, 4.69) is 26.2 Å². The number of nitrogens with zero attached hydrogens (tertiary/aromatic N) is 3. The summed E-state index contributed by atoms with van der Waals surface area (Å²) in [4.78, 5) is 10.5. The number of carboxylic acid groups (broad SMARTS) is 1. The average molecular weight is 256 g/mol. The monoisotopic (exact) mass is 255 g/mol. The summed E-state index contributed by atoms with van der Waals surface area (Å²) in [6, 6.07) is 5.43. The third-order valence-corrected chi connectivity index (χ3v) is 2.41. The first-order valence-corrected chi connectivity index (χ1v) is 4.67. The van der Waals surface area contributed by atoms with E-state index in [1.807, 2.05) is 12.1 Å². The van der Waals surface area contributed by atoms with Crippen molar-refractivity contribution in [1.29, 1.82) is 0 Å². The zero-order chi connectivity index (χ0) is 10.1. The molecule has 0 fully saturated rings. The lowest BCUT2D eigenvalue weighted by atomic mass is 10.3. The highest BCUT2D eigenvalue weighted by molar-refractivity contribution is 9.10. The molecule has 1 aromatic carbocycles. The summed E-state index contributed by atoms with van der Waals surface area (Å²) in [7, 11) is 0. The molecule has 0 spiro atoms. The summed E-state index contributed by atoms with van der Waals surface area (Å²) < 4.78 is 2.14. The number of carboxylic acids is 1. The maximum atomic E-state index is 10.5. The van der Waals surface area contributed by atoms with Crippen LogP contribution in [0.1, 0.15) is 0 Å². The molecule has 6 heteroatoms. The number of para-hydroxylation sites is 1. The van der Waals surface area contributed by atoms with Crippen molar-refractivity contribution >= 4 is 32.9 Å². The van der Waals surface area contributed by atoms with Crippen LogP contribution in [-0.4, -0.2) is 26.1 Å². The van der Waals surface area contributed by atoms with E-state index in [0.29, 0.717) is 11.0 Å². The fourth-order valence-corrected chi connectivity index (χ4v) is 1.79. The van der Waals surface area contributed by atoms with Crippen molar-refractivity contribution < 1.29 is 9.90 Å². The van der Waals surface area contributed by atoms with Crippen LogP contribution in [0.4, 0.5) is 0 Å². The van der Waals surface area contributed by atoms with Crippen molar-refractivity contribution in [2.45, 2.75) is 6.54 Å². The molecule has 14 heavy (non-hydrogen) atoms. The molecular weight excluding hydrogens is 250 g/mol. The largest absolute Gasteiger partial charge is 0.480 e. The molecule has 2 rings (SSSR count). The number of aromatic nitrogens is 3. The Labute approximate surface area is 87.5 Å². The van der Waals surface area contributed by atoms with Crippen LogP contribution in [0.2, 0.25) is 0 Å². The molecule has 0 atom stereocenters. The van der Waals surface area contributed by atoms with E-state index in [1.165, 1.54) is 4.68 Å². The molecule has 2 aromatic rings. The summed E-state index contributed by atoms with van der Waals surface area (Å²) in [6.07, 6.45) is 0. The van der Waals surface area contributed by atoms with Crippen molar-refractivity contribution in [3.63, 3.8) is 0 Å². The molecule has 0 aliphatic heterocycles. The number of hydrogen-bond acceptors (Lipinski definition) is 3. The minimum Gasteiger partial charge on any atom is -0.480 e. The van der Waals surface area contributed by atoms with E-state index in [1.54, 1.807) is 6.07 Å². The van der Waals surface area contributed by atoms with Crippen LogP contribution >= 0.6 is 15.9 Å². The summed E-state index contributed by atoms with van der Waals surface area (Å²) in [6.45, 7) is -0.181. The Morgan fingerprint density at radius 1 is 1.57 bits per heavy atom. The summed E-state index contributed by atoms with van der Waals surface area (Å²) in [5, 5.41) is 16.2. The standard InChI is InChI=1S/C8H6BrN3O2/c9-5-2-1-3-6-8(5)12(11-10-6)4-7(13)14/h1-3H,4H2,(H,13,14). The smallest absolute Gasteiger partial charge is 0.325 e. The highest BCUT2D eigenvalue weighted by Crippen LogP contribution is 2.21. The summed E-state index contributed by atoms with van der Waals surface area (Å²) in [5.41, 5.74) is 1.38. The lowest BCUT2D eigenvalue weighted by Crippen LogP contribution is -2.10. The van der Waals surface area contributed by atoms with Gasteiger partial charge in [-0.05, 0) is 28.1 Å². The van der Waals surface area contributed by atoms with E-state index in [0.717, 1.165) is 4.47 Å². The molecule has 1 N–H and O–H groups in total. The van der Waals surface area contributed by atoms with E-state index in [9.17, 15) is 4.79 Å². The van der Waals surface area contributed by atoms with Gasteiger partial charge in [-0.15, -0.1) is 5.10 Å². The summed E-state index contributed by atoms with van der Waals surface area (Å²) >= 11 is 3.32. The Bertz CT molecular complexity index is 494. The van der Waals surface area contributed by atoms with Crippen LogP contribution in [0.5, 0.6) is 0 Å². The topological polar surface area (TPSA) is 68.0 Å². The minimum absolute atomic E-state index is 0.181. The van der Waals surface area contributed by atoms with Crippen molar-refractivity contribution in [3.05, 3.63) is 22.7 Å². The maximum Gasteiger partial charge on any atom is 0.325 e. The molecule has 72 valence electrons. The van der Waals surface area contributed by atoms with E-state index >= 15 is 0 Å². The molecular formula is C8H6BrN3O2. The Morgan fingerprint density at radius 3 is 3.07 bits per heavy atom. The van der Waals surface area contributed by atoms with E-state index in [4.69, 9.17) is 5.11 Å². The highest BCUT2D eigenvalue weighted by Gasteiger charge is 2.09. The third-order valence-electron chi connectivity index (χ3n) is 1.77. The number of halogens is 1. The Balaban J connectivity index is 2.61. The first kappa shape index (κ1) is 9.14. The average Bonchev–Trinajstić information content (AvgIpc) is 2.49. The molecule has 0 saturated heterocycles. The molecule has 0 aliphatic rings. The Kier molecular flexibility index (Phi) is 2.20. The van der Waals surface area contributed by atoms with Gasteiger partial charge >= 0.3 is 5.97 Å². The van der Waals surface area contributed by atoms with Gasteiger partial charge in [-0.1, -0.05) is 11.3 Å². The van der Waals surface area contributed by atoms with Gasteiger partial charge in [0, 0.05) is 4.47 Å². The molecule has 0 aliphatic carbocycles. The predicted molar refractivity (Wildman–Crippen MR) is 52.9 cm³/mol. The molecule has 1 heterocycles. The van der Waals surface area contributed by atoms with Gasteiger partial charge in [-0.3, -0.25) is 4.79 Å². The van der Waals surface area contributed by atoms with E-state index < -0.39 is 5.97 Å². The molecule has 0 radical (unpaired) electrons. The van der Waals surface area contributed by atoms with Crippen molar-refractivity contribution in [2.24, 2.45) is 0 Å². The fourth-order valence-electron chi connectivity index (χ4n) is 1.23. The van der Waals surface area contributed by atoms with Crippen LogP contribution in [0.25, 0.3) is 11.0 Å². The third kappa shape index (κ3) is 1.48. The predicted octanol–water partition coefficient (Wildman–Crippen LogP) is 1.28. The number of benzene rings is 1. The van der Waals surface area contributed by atoms with Crippen LogP contribution in [0.3, 0.4) is 0 Å². The second-order valence-corrected chi connectivity index (χ2v) is 3.60. The van der Waals surface area contributed by atoms with Gasteiger partial charge in [0.25, 0.3) is 0 Å². The number of fused-ring (bicyclic) bond motifs is 1. The van der Waals surface area contributed by atoms with Crippen molar-refractivity contribution in [1.82, 2.24) is 15.0 Å². The van der Waals surface area contributed by atoms with Gasteiger partial charge in [-0.25, -0.2) is 4.68 Å². The molecule has 0 saturated carbocycles. The van der Waals surface area contributed by atoms with Gasteiger partial charge in [-0.2, -0.15) is 0 Å². The van der Waals surface area contributed by atoms with Crippen LogP contribution in [0, 0.1) is 0 Å². The molecule has 5 nitrogen and oxygen atoms in total. The Morgan fingerprint density at radius 2 is 2.36 bits per heavy atom. The normalized spacial score (nSPS) is 10.6. The quantitative estimate of drug-likeness (QED) is 0.878. The number of carbonyl (C=O) groups is 1. The molecule has 0 unspecified atom stereocenters. The first-order valence-electron chi connectivity index (χ1n) is 3.88.